The van der Waals surface area contributed by atoms with Crippen molar-refractivity contribution in [2.24, 2.45) is 5.92 Å². The minimum absolute atomic E-state index is 0.241. The molecule has 1 aromatic rings. The number of pyridine rings is 1. The highest BCUT2D eigenvalue weighted by atomic mass is 32.2. The van der Waals surface area contributed by atoms with Gasteiger partial charge in [0, 0.05) is 31.8 Å². The minimum Gasteiger partial charge on any atom is -0.375 e. The summed E-state index contributed by atoms with van der Waals surface area (Å²) in [6.07, 6.45) is 2.66. The third kappa shape index (κ3) is 3.28. The Morgan fingerprint density at radius 3 is 2.87 bits per heavy atom. The van der Waals surface area contributed by atoms with Gasteiger partial charge in [-0.2, -0.15) is 4.31 Å². The van der Waals surface area contributed by atoms with Crippen molar-refractivity contribution in [2.45, 2.75) is 37.7 Å². The van der Waals surface area contributed by atoms with Crippen molar-refractivity contribution in [3.63, 3.8) is 0 Å². The molecule has 23 heavy (non-hydrogen) atoms. The first-order chi connectivity index (χ1) is 10.9. The Bertz CT molecular complexity index is 627. The molecule has 2 aliphatic heterocycles. The molecular formula is C16H24N2O4S. The van der Waals surface area contributed by atoms with E-state index < -0.39 is 10.0 Å². The summed E-state index contributed by atoms with van der Waals surface area (Å²) in [5.41, 5.74) is 0.546. The molecule has 7 heteroatoms. The van der Waals surface area contributed by atoms with Crippen LogP contribution in [0.1, 0.15) is 26.0 Å². The first-order valence-corrected chi connectivity index (χ1v) is 9.55. The SMILES string of the molecule is CC(C)S(=O)(=O)N1CC2(C1)OCCC2COCc1ccccn1. The van der Waals surface area contributed by atoms with Gasteiger partial charge in [0.2, 0.25) is 10.0 Å². The van der Waals surface area contributed by atoms with Gasteiger partial charge in [-0.3, -0.25) is 4.98 Å². The van der Waals surface area contributed by atoms with Crippen LogP contribution < -0.4 is 0 Å². The Hall–Kier alpha value is -1.02. The molecule has 3 heterocycles. The van der Waals surface area contributed by atoms with E-state index in [0.717, 1.165) is 12.1 Å². The van der Waals surface area contributed by atoms with Crippen LogP contribution in [-0.2, 0) is 26.1 Å². The first kappa shape index (κ1) is 16.8. The molecule has 0 bridgehead atoms. The summed E-state index contributed by atoms with van der Waals surface area (Å²) in [6.45, 7) is 6.05. The molecule has 1 aromatic heterocycles. The Labute approximate surface area is 137 Å². The van der Waals surface area contributed by atoms with Gasteiger partial charge in [0.05, 0.1) is 24.2 Å². The fourth-order valence-corrected chi connectivity index (χ4v) is 4.58. The van der Waals surface area contributed by atoms with Crippen molar-refractivity contribution in [1.29, 1.82) is 0 Å². The topological polar surface area (TPSA) is 68.7 Å². The van der Waals surface area contributed by atoms with E-state index in [2.05, 4.69) is 4.98 Å². The van der Waals surface area contributed by atoms with Crippen molar-refractivity contribution in [2.75, 3.05) is 26.3 Å². The van der Waals surface area contributed by atoms with E-state index in [4.69, 9.17) is 9.47 Å². The van der Waals surface area contributed by atoms with Crippen molar-refractivity contribution in [3.8, 4) is 0 Å². The van der Waals surface area contributed by atoms with E-state index >= 15 is 0 Å². The standard InChI is InChI=1S/C16H24N2O4S/c1-13(2)23(19,20)18-11-16(12-18)14(6-8-22-16)9-21-10-15-5-3-4-7-17-15/h3-5,7,13-14H,6,8-12H2,1-2H3. The number of hydrogen-bond donors (Lipinski definition) is 0. The molecule has 6 nitrogen and oxygen atoms in total. The molecule has 0 aromatic carbocycles. The molecule has 0 radical (unpaired) electrons. The number of sulfonamides is 1. The van der Waals surface area contributed by atoms with Gasteiger partial charge >= 0.3 is 0 Å². The zero-order valence-corrected chi connectivity index (χ0v) is 14.5. The lowest BCUT2D eigenvalue weighted by Crippen LogP contribution is -2.67. The molecule has 1 unspecified atom stereocenters. The summed E-state index contributed by atoms with van der Waals surface area (Å²) in [6, 6.07) is 5.75. The molecule has 2 aliphatic rings. The van der Waals surface area contributed by atoms with E-state index in [1.807, 2.05) is 18.2 Å². The fraction of sp³-hybridized carbons (Fsp3) is 0.688. The molecule has 2 fully saturated rings. The van der Waals surface area contributed by atoms with Crippen molar-refractivity contribution in [1.82, 2.24) is 9.29 Å². The average molecular weight is 340 g/mol. The molecule has 0 amide bonds. The first-order valence-electron chi connectivity index (χ1n) is 8.05. The maximum Gasteiger partial charge on any atom is 0.216 e. The lowest BCUT2D eigenvalue weighted by atomic mass is 9.83. The zero-order chi connectivity index (χ0) is 16.5. The van der Waals surface area contributed by atoms with E-state index in [1.54, 1.807) is 20.0 Å². The van der Waals surface area contributed by atoms with Crippen LogP contribution in [0.4, 0.5) is 0 Å². The zero-order valence-electron chi connectivity index (χ0n) is 13.6. The quantitative estimate of drug-likeness (QED) is 0.783. The third-order valence-electron chi connectivity index (χ3n) is 4.74. The molecule has 2 saturated heterocycles. The molecule has 128 valence electrons. The van der Waals surface area contributed by atoms with Gasteiger partial charge in [0.1, 0.15) is 5.60 Å². The maximum atomic E-state index is 12.2. The third-order valence-corrected chi connectivity index (χ3v) is 6.91. The summed E-state index contributed by atoms with van der Waals surface area (Å²) < 4.78 is 37.6. The van der Waals surface area contributed by atoms with Crippen LogP contribution in [0.5, 0.6) is 0 Å². The lowest BCUT2D eigenvalue weighted by molar-refractivity contribution is -0.115. The smallest absolute Gasteiger partial charge is 0.216 e. The van der Waals surface area contributed by atoms with Gasteiger partial charge in [0.25, 0.3) is 0 Å². The number of aromatic nitrogens is 1. The van der Waals surface area contributed by atoms with Crippen LogP contribution in [0, 0.1) is 5.92 Å². The predicted molar refractivity (Wildman–Crippen MR) is 86.3 cm³/mol. The van der Waals surface area contributed by atoms with Crippen molar-refractivity contribution < 1.29 is 17.9 Å². The van der Waals surface area contributed by atoms with Crippen LogP contribution in [0.15, 0.2) is 24.4 Å². The summed E-state index contributed by atoms with van der Waals surface area (Å²) in [5.74, 6) is 0.241. The van der Waals surface area contributed by atoms with E-state index in [1.165, 1.54) is 4.31 Å². The Kier molecular flexibility index (Phi) is 4.73. The molecule has 0 aliphatic carbocycles. The Morgan fingerprint density at radius 1 is 1.43 bits per heavy atom. The van der Waals surface area contributed by atoms with Gasteiger partial charge in [-0.25, -0.2) is 8.42 Å². The van der Waals surface area contributed by atoms with E-state index in [0.29, 0.717) is 32.9 Å². The number of ether oxygens (including phenoxy) is 2. The maximum absolute atomic E-state index is 12.2. The van der Waals surface area contributed by atoms with Crippen LogP contribution >= 0.6 is 0 Å². The average Bonchev–Trinajstić information content (AvgIpc) is 2.90. The van der Waals surface area contributed by atoms with Crippen LogP contribution in [0.2, 0.25) is 0 Å². The normalized spacial score (nSPS) is 24.2. The molecule has 0 N–H and O–H groups in total. The predicted octanol–water partition coefficient (Wildman–Crippen LogP) is 1.43. The van der Waals surface area contributed by atoms with Gasteiger partial charge < -0.3 is 9.47 Å². The lowest BCUT2D eigenvalue weighted by Gasteiger charge is -2.49. The van der Waals surface area contributed by atoms with Crippen LogP contribution in [0.25, 0.3) is 0 Å². The molecule has 0 saturated carbocycles. The fourth-order valence-electron chi connectivity index (χ4n) is 3.19. The summed E-state index contributed by atoms with van der Waals surface area (Å²) in [4.78, 5) is 4.23. The van der Waals surface area contributed by atoms with E-state index in [-0.39, 0.29) is 16.8 Å². The molecular weight excluding hydrogens is 316 g/mol. The summed E-state index contributed by atoms with van der Waals surface area (Å²) in [7, 11) is -3.19. The minimum atomic E-state index is -3.19. The molecule has 1 spiro atoms. The van der Waals surface area contributed by atoms with Gasteiger partial charge in [-0.1, -0.05) is 6.07 Å². The van der Waals surface area contributed by atoms with Gasteiger partial charge in [-0.05, 0) is 32.4 Å². The molecule has 1 atom stereocenters. The Morgan fingerprint density at radius 2 is 2.22 bits per heavy atom. The Balaban J connectivity index is 1.53. The second-order valence-electron chi connectivity index (χ2n) is 6.60. The second-order valence-corrected chi connectivity index (χ2v) is 9.09. The van der Waals surface area contributed by atoms with Gasteiger partial charge in [0.15, 0.2) is 0 Å². The number of rotatable bonds is 6. The highest BCUT2D eigenvalue weighted by Gasteiger charge is 2.56. The second kappa shape index (κ2) is 6.47. The highest BCUT2D eigenvalue weighted by Crippen LogP contribution is 2.41. The van der Waals surface area contributed by atoms with E-state index in [9.17, 15) is 8.42 Å². The number of nitrogens with zero attached hydrogens (tertiary/aromatic N) is 2. The van der Waals surface area contributed by atoms with Crippen molar-refractivity contribution >= 4 is 10.0 Å². The number of hydrogen-bond acceptors (Lipinski definition) is 5. The van der Waals surface area contributed by atoms with Crippen LogP contribution in [-0.4, -0.2) is 54.9 Å². The van der Waals surface area contributed by atoms with Crippen LogP contribution in [0.3, 0.4) is 0 Å². The molecule has 3 rings (SSSR count). The highest BCUT2D eigenvalue weighted by molar-refractivity contribution is 7.89. The van der Waals surface area contributed by atoms with Crippen molar-refractivity contribution in [3.05, 3.63) is 30.1 Å². The monoisotopic (exact) mass is 340 g/mol. The summed E-state index contributed by atoms with van der Waals surface area (Å²) >= 11 is 0. The largest absolute Gasteiger partial charge is 0.375 e. The van der Waals surface area contributed by atoms with Gasteiger partial charge in [-0.15, -0.1) is 0 Å². The summed E-state index contributed by atoms with van der Waals surface area (Å²) in [5, 5.41) is -0.389.